The topological polar surface area (TPSA) is 101 Å². The third kappa shape index (κ3) is 4.88. The van der Waals surface area contributed by atoms with Crippen LogP contribution in [-0.4, -0.2) is 37.5 Å². The second-order valence-electron chi connectivity index (χ2n) is 6.66. The van der Waals surface area contributed by atoms with E-state index in [0.29, 0.717) is 30.8 Å². The summed E-state index contributed by atoms with van der Waals surface area (Å²) in [5.41, 5.74) is 6.88. The summed E-state index contributed by atoms with van der Waals surface area (Å²) in [5.74, 6) is -0.447. The Hall–Kier alpha value is -4.01. The third-order valence-corrected chi connectivity index (χ3v) is 4.48. The quantitative estimate of drug-likeness (QED) is 0.418. The molecule has 1 amide bonds. The van der Waals surface area contributed by atoms with Crippen molar-refractivity contribution in [2.24, 2.45) is 0 Å². The molecule has 0 saturated heterocycles. The second-order valence-corrected chi connectivity index (χ2v) is 6.66. The van der Waals surface area contributed by atoms with Crippen LogP contribution in [0.4, 0.5) is 4.39 Å². The van der Waals surface area contributed by atoms with Crippen LogP contribution in [0, 0.1) is 5.82 Å². The molecule has 3 aromatic heterocycles. The lowest BCUT2D eigenvalue weighted by Crippen LogP contribution is -2.23. The molecule has 9 heteroatoms. The van der Waals surface area contributed by atoms with Crippen LogP contribution in [0.15, 0.2) is 67.3 Å². The molecule has 0 aliphatic carbocycles. The average molecular weight is 405 g/mol. The van der Waals surface area contributed by atoms with E-state index in [1.54, 1.807) is 41.4 Å². The molecule has 0 aliphatic rings. The molecule has 0 radical (unpaired) electrons. The zero-order valence-electron chi connectivity index (χ0n) is 16.0. The Kier molecular flexibility index (Phi) is 5.79. The molecule has 1 aromatic carbocycles. The number of carbonyl (C=O) groups excluding carboxylic acids is 1. The number of halogens is 1. The molecule has 4 aromatic rings. The van der Waals surface area contributed by atoms with E-state index in [0.717, 1.165) is 16.8 Å². The smallest absolute Gasteiger partial charge is 0.253 e. The Labute approximate surface area is 172 Å². The number of hydrogen-bond donors (Lipinski definition) is 3. The molecule has 0 saturated carbocycles. The van der Waals surface area contributed by atoms with Crippen molar-refractivity contribution in [2.75, 3.05) is 12.0 Å². The van der Waals surface area contributed by atoms with Gasteiger partial charge in [-0.3, -0.25) is 14.9 Å². The van der Waals surface area contributed by atoms with Gasteiger partial charge in [0, 0.05) is 24.5 Å². The number of pyridine rings is 1. The van der Waals surface area contributed by atoms with E-state index >= 15 is 0 Å². The highest BCUT2D eigenvalue weighted by molar-refractivity contribution is 5.94. The molecule has 0 unspecified atom stereocenters. The van der Waals surface area contributed by atoms with Crippen molar-refractivity contribution in [2.45, 2.75) is 13.0 Å². The van der Waals surface area contributed by atoms with E-state index < -0.39 is 0 Å². The van der Waals surface area contributed by atoms with E-state index in [9.17, 15) is 9.18 Å². The summed E-state index contributed by atoms with van der Waals surface area (Å²) in [6.45, 7) is 0.974. The van der Waals surface area contributed by atoms with Crippen LogP contribution in [0.3, 0.4) is 0 Å². The minimum absolute atomic E-state index is 0.210. The monoisotopic (exact) mass is 405 g/mol. The maximum absolute atomic E-state index is 13.2. The predicted molar refractivity (Wildman–Crippen MR) is 110 cm³/mol. The van der Waals surface area contributed by atoms with E-state index in [-0.39, 0.29) is 11.7 Å². The SMILES string of the molecule is O=C(NCc1ccn[nH]1)c1ccc(-c2cnn(NCCc3cccc(F)c3)c2)nc1. The maximum atomic E-state index is 13.2. The van der Waals surface area contributed by atoms with Gasteiger partial charge in [0.25, 0.3) is 5.91 Å². The van der Waals surface area contributed by atoms with Gasteiger partial charge in [-0.1, -0.05) is 12.1 Å². The number of benzene rings is 1. The Bertz CT molecular complexity index is 1110. The lowest BCUT2D eigenvalue weighted by atomic mass is 10.1. The van der Waals surface area contributed by atoms with Crippen molar-refractivity contribution in [1.29, 1.82) is 0 Å². The molecule has 4 rings (SSSR count). The highest BCUT2D eigenvalue weighted by atomic mass is 19.1. The van der Waals surface area contributed by atoms with Gasteiger partial charge in [-0.15, -0.1) is 0 Å². The number of carbonyl (C=O) groups is 1. The summed E-state index contributed by atoms with van der Waals surface area (Å²) in [6, 6.07) is 11.8. The number of H-pyrrole nitrogens is 1. The summed E-state index contributed by atoms with van der Waals surface area (Å²) < 4.78 is 13.2. The van der Waals surface area contributed by atoms with Gasteiger partial charge in [0.05, 0.1) is 35.9 Å². The molecule has 8 nitrogen and oxygen atoms in total. The molecule has 3 heterocycles. The molecule has 0 bridgehead atoms. The Morgan fingerprint density at radius 3 is 2.87 bits per heavy atom. The number of amides is 1. The summed E-state index contributed by atoms with van der Waals surface area (Å²) in [7, 11) is 0. The van der Waals surface area contributed by atoms with Crippen LogP contribution >= 0.6 is 0 Å². The number of rotatable bonds is 8. The number of aromatic nitrogens is 5. The van der Waals surface area contributed by atoms with Crippen LogP contribution in [0.1, 0.15) is 21.6 Å². The summed E-state index contributed by atoms with van der Waals surface area (Å²) >= 11 is 0. The molecule has 0 aliphatic heterocycles. The molecule has 0 atom stereocenters. The van der Waals surface area contributed by atoms with E-state index in [2.05, 4.69) is 31.0 Å². The van der Waals surface area contributed by atoms with Crippen molar-refractivity contribution < 1.29 is 9.18 Å². The lowest BCUT2D eigenvalue weighted by Gasteiger charge is -2.06. The molecule has 152 valence electrons. The van der Waals surface area contributed by atoms with Gasteiger partial charge in [0.15, 0.2) is 0 Å². The van der Waals surface area contributed by atoms with Crippen molar-refractivity contribution >= 4 is 5.91 Å². The first-order valence-electron chi connectivity index (χ1n) is 9.43. The van der Waals surface area contributed by atoms with Crippen LogP contribution in [0.2, 0.25) is 0 Å². The van der Waals surface area contributed by atoms with Crippen molar-refractivity contribution in [1.82, 2.24) is 30.4 Å². The fourth-order valence-corrected chi connectivity index (χ4v) is 2.91. The Morgan fingerprint density at radius 1 is 1.17 bits per heavy atom. The largest absolute Gasteiger partial charge is 0.346 e. The standard InChI is InChI=1S/C21H20FN7O/c22-18-3-1-2-15(10-18)6-9-26-29-14-17(12-27-29)20-5-4-16(11-23-20)21(30)24-13-19-7-8-25-28-19/h1-5,7-8,10-12,14,26H,6,9,13H2,(H,24,30)(H,25,28). The normalized spacial score (nSPS) is 10.7. The Balaban J connectivity index is 1.31. The average Bonchev–Trinajstić information content (AvgIpc) is 3.45. The lowest BCUT2D eigenvalue weighted by molar-refractivity contribution is 0.0950. The van der Waals surface area contributed by atoms with E-state index in [1.807, 2.05) is 12.3 Å². The van der Waals surface area contributed by atoms with Crippen LogP contribution in [-0.2, 0) is 13.0 Å². The van der Waals surface area contributed by atoms with Gasteiger partial charge >= 0.3 is 0 Å². The van der Waals surface area contributed by atoms with Gasteiger partial charge in [-0.2, -0.15) is 15.0 Å². The number of aromatic amines is 1. The first-order valence-corrected chi connectivity index (χ1v) is 9.43. The summed E-state index contributed by atoms with van der Waals surface area (Å²) in [4.78, 5) is 18.2. The minimum atomic E-state index is -0.238. The van der Waals surface area contributed by atoms with E-state index in [4.69, 9.17) is 0 Å². The van der Waals surface area contributed by atoms with E-state index in [1.165, 1.54) is 18.3 Å². The summed E-state index contributed by atoms with van der Waals surface area (Å²) in [5, 5.41) is 13.7. The third-order valence-electron chi connectivity index (χ3n) is 4.48. The fraction of sp³-hybridized carbons (Fsp3) is 0.143. The predicted octanol–water partition coefficient (Wildman–Crippen LogP) is 2.52. The fourth-order valence-electron chi connectivity index (χ4n) is 2.91. The summed E-state index contributed by atoms with van der Waals surface area (Å²) in [6.07, 6.45) is 7.34. The molecular weight excluding hydrogens is 385 g/mol. The number of hydrogen-bond acceptors (Lipinski definition) is 5. The Morgan fingerprint density at radius 2 is 2.10 bits per heavy atom. The van der Waals surface area contributed by atoms with Gasteiger partial charge in [-0.05, 0) is 42.3 Å². The highest BCUT2D eigenvalue weighted by Crippen LogP contribution is 2.16. The maximum Gasteiger partial charge on any atom is 0.253 e. The molecule has 0 fully saturated rings. The zero-order valence-corrected chi connectivity index (χ0v) is 16.0. The van der Waals surface area contributed by atoms with Crippen molar-refractivity contribution in [3.05, 3.63) is 89.9 Å². The van der Waals surface area contributed by atoms with Gasteiger partial charge in [-0.25, -0.2) is 4.39 Å². The van der Waals surface area contributed by atoms with Crippen LogP contribution in [0.25, 0.3) is 11.3 Å². The first kappa shape index (κ1) is 19.3. The molecule has 30 heavy (non-hydrogen) atoms. The minimum Gasteiger partial charge on any atom is -0.346 e. The molecule has 3 N–H and O–H groups in total. The zero-order chi connectivity index (χ0) is 20.8. The second kappa shape index (κ2) is 8.99. The first-order chi connectivity index (χ1) is 14.7. The van der Waals surface area contributed by atoms with Crippen LogP contribution < -0.4 is 10.7 Å². The van der Waals surface area contributed by atoms with Gasteiger partial charge in [0.1, 0.15) is 5.82 Å². The van der Waals surface area contributed by atoms with Crippen LogP contribution in [0.5, 0.6) is 0 Å². The van der Waals surface area contributed by atoms with Crippen molar-refractivity contribution in [3.63, 3.8) is 0 Å². The number of nitrogens with one attached hydrogen (secondary N) is 3. The van der Waals surface area contributed by atoms with Gasteiger partial charge < -0.3 is 10.7 Å². The van der Waals surface area contributed by atoms with Crippen molar-refractivity contribution in [3.8, 4) is 11.3 Å². The molecular formula is C21H20FN7O. The molecule has 0 spiro atoms. The highest BCUT2D eigenvalue weighted by Gasteiger charge is 2.08. The van der Waals surface area contributed by atoms with Gasteiger partial charge in [0.2, 0.25) is 0 Å². The number of nitrogens with zero attached hydrogens (tertiary/aromatic N) is 4.